The Morgan fingerprint density at radius 2 is 1.88 bits per heavy atom. The summed E-state index contributed by atoms with van der Waals surface area (Å²) in [5.41, 5.74) is 2.82. The third-order valence-electron chi connectivity index (χ3n) is 3.60. The molecule has 1 aromatic heterocycles. The van der Waals surface area contributed by atoms with Crippen molar-refractivity contribution in [3.63, 3.8) is 0 Å². The van der Waals surface area contributed by atoms with E-state index in [1.165, 1.54) is 11.5 Å². The highest BCUT2D eigenvalue weighted by atomic mass is 32.1. The fraction of sp³-hybridized carbons (Fsp3) is 0.167. The molecule has 0 fully saturated rings. The van der Waals surface area contributed by atoms with Crippen LogP contribution in [0.3, 0.4) is 0 Å². The van der Waals surface area contributed by atoms with Crippen LogP contribution in [0.5, 0.6) is 5.75 Å². The fourth-order valence-electron chi connectivity index (χ4n) is 2.33. The molecule has 6 heteroatoms. The maximum atomic E-state index is 11.4. The highest BCUT2D eigenvalue weighted by Gasteiger charge is 2.19. The van der Waals surface area contributed by atoms with Crippen LogP contribution in [0.2, 0.25) is 0 Å². The highest BCUT2D eigenvalue weighted by Crippen LogP contribution is 2.22. The molecule has 0 saturated heterocycles. The SMILES string of the molecule is O=C(O)C(CCc1ccccc1)Oc1ccc(-c2csnn2)cc1. The number of carboxylic acids is 1. The summed E-state index contributed by atoms with van der Waals surface area (Å²) in [5, 5.41) is 15.2. The van der Waals surface area contributed by atoms with Gasteiger partial charge in [0.2, 0.25) is 0 Å². The molecule has 0 bridgehead atoms. The van der Waals surface area contributed by atoms with Crippen molar-refractivity contribution in [2.24, 2.45) is 0 Å². The predicted octanol–water partition coefficient (Wildman–Crippen LogP) is 3.67. The number of ether oxygens (including phenoxy) is 1. The number of rotatable bonds is 7. The lowest BCUT2D eigenvalue weighted by molar-refractivity contribution is -0.145. The molecule has 0 aliphatic rings. The Bertz CT molecular complexity index is 774. The summed E-state index contributed by atoms with van der Waals surface area (Å²) in [6, 6.07) is 17.0. The first-order chi connectivity index (χ1) is 11.7. The molecule has 2 aromatic carbocycles. The third kappa shape index (κ3) is 4.17. The molecule has 0 saturated carbocycles. The molecule has 1 atom stereocenters. The van der Waals surface area contributed by atoms with Gasteiger partial charge >= 0.3 is 5.97 Å². The van der Waals surface area contributed by atoms with Crippen molar-refractivity contribution in [2.45, 2.75) is 18.9 Å². The maximum Gasteiger partial charge on any atom is 0.344 e. The van der Waals surface area contributed by atoms with Gasteiger partial charge in [0.15, 0.2) is 6.10 Å². The summed E-state index contributed by atoms with van der Waals surface area (Å²) >= 11 is 1.29. The van der Waals surface area contributed by atoms with Crippen molar-refractivity contribution in [1.82, 2.24) is 9.59 Å². The molecule has 3 aromatic rings. The average Bonchev–Trinajstić information content (AvgIpc) is 3.14. The Morgan fingerprint density at radius 1 is 1.12 bits per heavy atom. The van der Waals surface area contributed by atoms with Crippen molar-refractivity contribution in [2.75, 3.05) is 0 Å². The van der Waals surface area contributed by atoms with E-state index in [1.54, 1.807) is 12.1 Å². The van der Waals surface area contributed by atoms with Crippen LogP contribution >= 0.6 is 11.5 Å². The van der Waals surface area contributed by atoms with E-state index in [0.29, 0.717) is 18.6 Å². The van der Waals surface area contributed by atoms with Gasteiger partial charge in [0.1, 0.15) is 11.4 Å². The molecule has 0 amide bonds. The van der Waals surface area contributed by atoms with E-state index < -0.39 is 12.1 Å². The van der Waals surface area contributed by atoms with Gasteiger partial charge in [-0.1, -0.05) is 34.8 Å². The zero-order chi connectivity index (χ0) is 16.8. The van der Waals surface area contributed by atoms with Gasteiger partial charge in [0.25, 0.3) is 0 Å². The number of carbonyl (C=O) groups is 1. The summed E-state index contributed by atoms with van der Waals surface area (Å²) in [4.78, 5) is 11.4. The zero-order valence-corrected chi connectivity index (χ0v) is 13.6. The van der Waals surface area contributed by atoms with Crippen LogP contribution < -0.4 is 4.74 Å². The van der Waals surface area contributed by atoms with E-state index in [0.717, 1.165) is 16.8 Å². The van der Waals surface area contributed by atoms with E-state index in [-0.39, 0.29) is 0 Å². The van der Waals surface area contributed by atoms with Crippen LogP contribution in [-0.2, 0) is 11.2 Å². The molecule has 3 rings (SSSR count). The number of aromatic nitrogens is 2. The molecule has 1 heterocycles. The van der Waals surface area contributed by atoms with Crippen molar-refractivity contribution >= 4 is 17.5 Å². The summed E-state index contributed by atoms with van der Waals surface area (Å²) in [6.45, 7) is 0. The Kier molecular flexibility index (Phi) is 5.18. The number of aliphatic carboxylic acids is 1. The second kappa shape index (κ2) is 7.70. The van der Waals surface area contributed by atoms with Crippen LogP contribution in [0, 0.1) is 0 Å². The topological polar surface area (TPSA) is 72.3 Å². The van der Waals surface area contributed by atoms with Crippen molar-refractivity contribution in [3.8, 4) is 17.0 Å². The van der Waals surface area contributed by atoms with E-state index in [1.807, 2.05) is 47.8 Å². The summed E-state index contributed by atoms with van der Waals surface area (Å²) in [6.07, 6.45) is 0.189. The van der Waals surface area contributed by atoms with Crippen LogP contribution in [0.1, 0.15) is 12.0 Å². The van der Waals surface area contributed by atoms with Gasteiger partial charge in [0, 0.05) is 10.9 Å². The van der Waals surface area contributed by atoms with Crippen LogP contribution in [0.25, 0.3) is 11.3 Å². The average molecular weight is 340 g/mol. The molecule has 1 unspecified atom stereocenters. The quantitative estimate of drug-likeness (QED) is 0.710. The molecule has 0 radical (unpaired) electrons. The van der Waals surface area contributed by atoms with Gasteiger partial charge in [-0.2, -0.15) is 0 Å². The number of hydrogen-bond donors (Lipinski definition) is 1. The van der Waals surface area contributed by atoms with Crippen molar-refractivity contribution in [1.29, 1.82) is 0 Å². The molecule has 122 valence electrons. The first-order valence-electron chi connectivity index (χ1n) is 7.53. The molecule has 24 heavy (non-hydrogen) atoms. The van der Waals surface area contributed by atoms with E-state index in [9.17, 15) is 9.90 Å². The monoisotopic (exact) mass is 340 g/mol. The van der Waals surface area contributed by atoms with Gasteiger partial charge in [-0.25, -0.2) is 4.79 Å². The second-order valence-corrected chi connectivity index (χ2v) is 5.89. The molecular formula is C18H16N2O3S. The lowest BCUT2D eigenvalue weighted by atomic mass is 10.1. The Hall–Kier alpha value is -2.73. The van der Waals surface area contributed by atoms with Gasteiger partial charge in [0.05, 0.1) is 0 Å². The first-order valence-corrected chi connectivity index (χ1v) is 8.37. The van der Waals surface area contributed by atoms with E-state index in [2.05, 4.69) is 9.59 Å². The predicted molar refractivity (Wildman–Crippen MR) is 92.2 cm³/mol. The molecular weight excluding hydrogens is 324 g/mol. The molecule has 0 aliphatic heterocycles. The van der Waals surface area contributed by atoms with Crippen LogP contribution in [0.15, 0.2) is 60.0 Å². The van der Waals surface area contributed by atoms with Gasteiger partial charge in [-0.15, -0.1) is 5.10 Å². The Labute approximate surface area is 143 Å². The lowest BCUT2D eigenvalue weighted by Gasteiger charge is -2.15. The number of nitrogens with zero attached hydrogens (tertiary/aromatic N) is 2. The largest absolute Gasteiger partial charge is 0.479 e. The third-order valence-corrected chi connectivity index (χ3v) is 4.11. The Balaban J connectivity index is 1.64. The highest BCUT2D eigenvalue weighted by molar-refractivity contribution is 7.03. The summed E-state index contributed by atoms with van der Waals surface area (Å²) < 4.78 is 9.47. The minimum atomic E-state index is -0.960. The number of aryl methyl sites for hydroxylation is 1. The van der Waals surface area contributed by atoms with E-state index >= 15 is 0 Å². The van der Waals surface area contributed by atoms with Crippen LogP contribution in [0.4, 0.5) is 0 Å². The fourth-order valence-corrected chi connectivity index (χ4v) is 2.80. The summed E-state index contributed by atoms with van der Waals surface area (Å²) in [5.74, 6) is -0.430. The van der Waals surface area contributed by atoms with Crippen LogP contribution in [-0.4, -0.2) is 26.8 Å². The normalized spacial score (nSPS) is 11.8. The second-order valence-electron chi connectivity index (χ2n) is 5.28. The minimum absolute atomic E-state index is 0.414. The Morgan fingerprint density at radius 3 is 2.50 bits per heavy atom. The number of benzene rings is 2. The zero-order valence-electron chi connectivity index (χ0n) is 12.8. The minimum Gasteiger partial charge on any atom is -0.479 e. The summed E-state index contributed by atoms with van der Waals surface area (Å²) in [7, 11) is 0. The first kappa shape index (κ1) is 16.1. The molecule has 0 spiro atoms. The number of carboxylic acid groups (broad SMARTS) is 1. The van der Waals surface area contributed by atoms with Crippen molar-refractivity contribution < 1.29 is 14.6 Å². The van der Waals surface area contributed by atoms with Gasteiger partial charge in [-0.05, 0) is 54.2 Å². The molecule has 1 N–H and O–H groups in total. The lowest BCUT2D eigenvalue weighted by Crippen LogP contribution is -2.27. The standard InChI is InChI=1S/C18H16N2O3S/c21-18(22)17(11-6-13-4-2-1-3-5-13)23-15-9-7-14(8-10-15)16-12-24-20-19-16/h1-5,7-10,12,17H,6,11H2,(H,21,22). The smallest absolute Gasteiger partial charge is 0.344 e. The van der Waals surface area contributed by atoms with Crippen molar-refractivity contribution in [3.05, 3.63) is 65.5 Å². The maximum absolute atomic E-state index is 11.4. The van der Waals surface area contributed by atoms with Gasteiger partial charge in [-0.3, -0.25) is 0 Å². The van der Waals surface area contributed by atoms with E-state index in [4.69, 9.17) is 4.74 Å². The number of hydrogen-bond acceptors (Lipinski definition) is 5. The molecule has 5 nitrogen and oxygen atoms in total. The molecule has 0 aliphatic carbocycles. The van der Waals surface area contributed by atoms with Gasteiger partial charge < -0.3 is 9.84 Å².